The van der Waals surface area contributed by atoms with E-state index in [1.54, 1.807) is 42.8 Å². The molecule has 12 heteroatoms. The minimum Gasteiger partial charge on any atom is -0.385 e. The summed E-state index contributed by atoms with van der Waals surface area (Å²) in [4.78, 5) is 27.3. The Bertz CT molecular complexity index is 1930. The number of fused-ring (bicyclic) bond motifs is 2. The molecule has 4 heterocycles. The molecule has 0 atom stereocenters. The van der Waals surface area contributed by atoms with Crippen LogP contribution in [-0.4, -0.2) is 75.7 Å². The minimum atomic E-state index is -0.525. The SMILES string of the molecule is COCCCCCOCC1CCN(c2ccc(-c3nn4c(-c5ccc(C(=O)On6nnc7ccccc76)cc5)cnc4s3)cc2)CC1. The quantitative estimate of drug-likeness (QED) is 0.107. The number of carbonyl (C=O) groups is 1. The topological polar surface area (TPSA) is 109 Å². The Morgan fingerprint density at radius 3 is 2.49 bits per heavy atom. The molecular formula is C35H37N7O4S. The molecule has 3 aromatic carbocycles. The first kappa shape index (κ1) is 31.0. The van der Waals surface area contributed by atoms with Gasteiger partial charge in [0.05, 0.1) is 17.5 Å². The number of unbranched alkanes of at least 4 members (excludes halogenated alkanes) is 2. The lowest BCUT2D eigenvalue weighted by Gasteiger charge is -2.33. The predicted molar refractivity (Wildman–Crippen MR) is 182 cm³/mol. The first-order valence-electron chi connectivity index (χ1n) is 16.1. The van der Waals surface area contributed by atoms with E-state index in [0.717, 1.165) is 96.6 Å². The molecule has 0 amide bonds. The molecule has 47 heavy (non-hydrogen) atoms. The second-order valence-corrected chi connectivity index (χ2v) is 12.7. The summed E-state index contributed by atoms with van der Waals surface area (Å²) in [6, 6.07) is 23.2. The van der Waals surface area contributed by atoms with E-state index >= 15 is 0 Å². The number of methoxy groups -OCH3 is 1. The smallest absolute Gasteiger partial charge is 0.365 e. The Balaban J connectivity index is 0.945. The van der Waals surface area contributed by atoms with Gasteiger partial charge in [0, 0.05) is 56.8 Å². The van der Waals surface area contributed by atoms with Crippen LogP contribution in [0.5, 0.6) is 0 Å². The van der Waals surface area contributed by atoms with Gasteiger partial charge in [-0.3, -0.25) is 0 Å². The van der Waals surface area contributed by atoms with Crippen LogP contribution in [-0.2, 0) is 9.47 Å². The molecule has 1 fully saturated rings. The van der Waals surface area contributed by atoms with Crippen molar-refractivity contribution in [1.82, 2.24) is 29.8 Å². The van der Waals surface area contributed by atoms with Crippen LogP contribution in [0.4, 0.5) is 5.69 Å². The fourth-order valence-electron chi connectivity index (χ4n) is 5.88. The van der Waals surface area contributed by atoms with Gasteiger partial charge >= 0.3 is 5.97 Å². The lowest BCUT2D eigenvalue weighted by molar-refractivity contribution is 0.0409. The summed E-state index contributed by atoms with van der Waals surface area (Å²) in [6.45, 7) is 4.64. The van der Waals surface area contributed by atoms with Gasteiger partial charge in [0.15, 0.2) is 0 Å². The summed E-state index contributed by atoms with van der Waals surface area (Å²) in [5, 5.41) is 13.7. The van der Waals surface area contributed by atoms with E-state index in [0.29, 0.717) is 22.5 Å². The molecule has 0 radical (unpaired) electrons. The third-order valence-corrected chi connectivity index (χ3v) is 9.55. The van der Waals surface area contributed by atoms with Gasteiger partial charge in [-0.15, -0.1) is 5.10 Å². The van der Waals surface area contributed by atoms with Crippen LogP contribution in [0.15, 0.2) is 79.0 Å². The summed E-state index contributed by atoms with van der Waals surface area (Å²) >= 11 is 1.55. The largest absolute Gasteiger partial charge is 0.385 e. The lowest BCUT2D eigenvalue weighted by atomic mass is 9.97. The molecule has 7 rings (SSSR count). The number of ether oxygens (including phenoxy) is 2. The van der Waals surface area contributed by atoms with Crippen molar-refractivity contribution in [2.24, 2.45) is 5.92 Å². The molecule has 0 unspecified atom stereocenters. The molecule has 0 aliphatic carbocycles. The molecule has 11 nitrogen and oxygen atoms in total. The number of anilines is 1. The number of aromatic nitrogens is 6. The van der Waals surface area contributed by atoms with Crippen LogP contribution in [0.1, 0.15) is 42.5 Å². The number of piperidine rings is 1. The molecule has 1 saturated heterocycles. The van der Waals surface area contributed by atoms with Gasteiger partial charge in [-0.1, -0.05) is 40.4 Å². The van der Waals surface area contributed by atoms with Crippen molar-refractivity contribution in [3.8, 4) is 21.8 Å². The zero-order chi connectivity index (χ0) is 32.0. The van der Waals surface area contributed by atoms with Gasteiger partial charge in [-0.25, -0.2) is 14.3 Å². The molecule has 0 spiro atoms. The van der Waals surface area contributed by atoms with Crippen molar-refractivity contribution in [1.29, 1.82) is 0 Å². The van der Waals surface area contributed by atoms with Crippen molar-refractivity contribution < 1.29 is 19.1 Å². The Labute approximate surface area is 276 Å². The first-order valence-corrected chi connectivity index (χ1v) is 16.9. The third kappa shape index (κ3) is 7.04. The number of para-hydroxylation sites is 1. The summed E-state index contributed by atoms with van der Waals surface area (Å²) < 4.78 is 12.9. The second kappa shape index (κ2) is 14.4. The lowest BCUT2D eigenvalue weighted by Crippen LogP contribution is -2.35. The van der Waals surface area contributed by atoms with Crippen molar-refractivity contribution in [2.75, 3.05) is 44.9 Å². The molecule has 0 saturated carbocycles. The highest BCUT2D eigenvalue weighted by Gasteiger charge is 2.20. The molecule has 1 aliphatic rings. The van der Waals surface area contributed by atoms with E-state index < -0.39 is 5.97 Å². The standard InChI is InChI=1S/C35H37N7O4S/c1-44-21-5-2-6-22-45-24-25-17-19-40(20-18-25)29-15-13-27(14-16-29)33-38-41-32(23-36-35(41)47-33)26-9-11-28(12-10-26)34(43)46-42-31-8-4-3-7-30(31)37-39-42/h3-4,7-16,23,25H,2,5-6,17-22,24H2,1H3. The van der Waals surface area contributed by atoms with Crippen LogP contribution in [0.3, 0.4) is 0 Å². The van der Waals surface area contributed by atoms with Gasteiger partial charge in [0.2, 0.25) is 4.96 Å². The maximum atomic E-state index is 12.8. The molecule has 3 aromatic heterocycles. The van der Waals surface area contributed by atoms with Crippen molar-refractivity contribution in [3.05, 3.63) is 84.6 Å². The van der Waals surface area contributed by atoms with E-state index in [2.05, 4.69) is 44.5 Å². The summed E-state index contributed by atoms with van der Waals surface area (Å²) in [7, 11) is 1.75. The van der Waals surface area contributed by atoms with Crippen molar-refractivity contribution >= 4 is 39.0 Å². The van der Waals surface area contributed by atoms with Gasteiger partial charge in [0.25, 0.3) is 0 Å². The Morgan fingerprint density at radius 2 is 1.68 bits per heavy atom. The molecule has 6 aromatic rings. The van der Waals surface area contributed by atoms with E-state index in [9.17, 15) is 4.79 Å². The molecule has 242 valence electrons. The summed E-state index contributed by atoms with van der Waals surface area (Å²) in [5.74, 6) is 0.110. The van der Waals surface area contributed by atoms with Crippen molar-refractivity contribution in [3.63, 3.8) is 0 Å². The minimum absolute atomic E-state index is 0.398. The molecular weight excluding hydrogens is 614 g/mol. The number of hydrogen-bond acceptors (Lipinski definition) is 10. The number of rotatable bonds is 13. The zero-order valence-corrected chi connectivity index (χ0v) is 27.1. The number of benzene rings is 3. The highest BCUT2D eigenvalue weighted by atomic mass is 32.1. The number of carbonyl (C=O) groups excluding carboxylic acids is 1. The van der Waals surface area contributed by atoms with Gasteiger partial charge < -0.3 is 19.2 Å². The van der Waals surface area contributed by atoms with Crippen LogP contribution in [0.2, 0.25) is 0 Å². The number of nitrogens with zero attached hydrogens (tertiary/aromatic N) is 7. The fraction of sp³-hybridized carbons (Fsp3) is 0.343. The van der Waals surface area contributed by atoms with E-state index in [1.165, 1.54) is 5.69 Å². The monoisotopic (exact) mass is 651 g/mol. The van der Waals surface area contributed by atoms with Crippen LogP contribution >= 0.6 is 11.3 Å². The maximum absolute atomic E-state index is 12.8. The summed E-state index contributed by atoms with van der Waals surface area (Å²) in [6.07, 6.45) is 7.48. The molecule has 0 N–H and O–H groups in total. The maximum Gasteiger partial charge on any atom is 0.365 e. The van der Waals surface area contributed by atoms with Gasteiger partial charge in [-0.05, 0) is 91.8 Å². The van der Waals surface area contributed by atoms with Crippen molar-refractivity contribution in [2.45, 2.75) is 32.1 Å². The van der Waals surface area contributed by atoms with Gasteiger partial charge in [0.1, 0.15) is 16.0 Å². The van der Waals surface area contributed by atoms with E-state index in [1.807, 2.05) is 34.8 Å². The second-order valence-electron chi connectivity index (χ2n) is 11.8. The Hall–Kier alpha value is -4.65. The van der Waals surface area contributed by atoms with E-state index in [4.69, 9.17) is 19.4 Å². The average molecular weight is 652 g/mol. The average Bonchev–Trinajstić information content (AvgIpc) is 3.84. The van der Waals surface area contributed by atoms with E-state index in [-0.39, 0.29) is 0 Å². The highest BCUT2D eigenvalue weighted by molar-refractivity contribution is 7.19. The van der Waals surface area contributed by atoms with Crippen LogP contribution in [0, 0.1) is 5.92 Å². The predicted octanol–water partition coefficient (Wildman–Crippen LogP) is 6.19. The number of imidazole rings is 1. The molecule has 1 aliphatic heterocycles. The highest BCUT2D eigenvalue weighted by Crippen LogP contribution is 2.31. The molecule has 0 bridgehead atoms. The first-order chi connectivity index (χ1) is 23.2. The Kier molecular flexibility index (Phi) is 9.50. The van der Waals surface area contributed by atoms with Crippen LogP contribution < -0.4 is 9.74 Å². The third-order valence-electron chi connectivity index (χ3n) is 8.58. The normalized spacial score (nSPS) is 13.9. The number of hydrogen-bond donors (Lipinski definition) is 0. The van der Waals surface area contributed by atoms with Crippen LogP contribution in [0.25, 0.3) is 37.8 Å². The zero-order valence-electron chi connectivity index (χ0n) is 26.3. The summed E-state index contributed by atoms with van der Waals surface area (Å²) in [5.41, 5.74) is 5.70. The van der Waals surface area contributed by atoms with Gasteiger partial charge in [-0.2, -0.15) is 5.10 Å². The fourth-order valence-corrected chi connectivity index (χ4v) is 6.76. The Morgan fingerprint density at radius 1 is 0.915 bits per heavy atom.